The Morgan fingerprint density at radius 2 is 2.00 bits per heavy atom. The second-order valence-electron chi connectivity index (χ2n) is 3.85. The van der Waals surface area contributed by atoms with Crippen LogP contribution in [0.1, 0.15) is 5.56 Å². The van der Waals surface area contributed by atoms with E-state index in [9.17, 15) is 13.2 Å². The number of nitrogens with one attached hydrogen (secondary N) is 1. The fourth-order valence-corrected chi connectivity index (χ4v) is 1.89. The summed E-state index contributed by atoms with van der Waals surface area (Å²) >= 11 is 3.08. The van der Waals surface area contributed by atoms with Crippen molar-refractivity contribution in [3.63, 3.8) is 0 Å². The molecule has 0 fully saturated rings. The smallest absolute Gasteiger partial charge is 0.404 e. The zero-order valence-electron chi connectivity index (χ0n) is 10.3. The van der Waals surface area contributed by atoms with Gasteiger partial charge in [0, 0.05) is 10.7 Å². The number of benzene rings is 1. The van der Waals surface area contributed by atoms with E-state index in [1.807, 2.05) is 6.07 Å². The van der Waals surface area contributed by atoms with Gasteiger partial charge in [-0.15, -0.1) is 13.2 Å². The highest BCUT2D eigenvalue weighted by molar-refractivity contribution is 9.10. The molecule has 0 aliphatic rings. The van der Waals surface area contributed by atoms with Gasteiger partial charge in [-0.1, -0.05) is 15.9 Å². The number of pyridine rings is 1. The van der Waals surface area contributed by atoms with Crippen molar-refractivity contribution >= 4 is 27.3 Å². The Morgan fingerprint density at radius 3 is 2.67 bits per heavy atom. The zero-order chi connectivity index (χ0) is 15.5. The van der Waals surface area contributed by atoms with Crippen LogP contribution in [0.15, 0.2) is 41.1 Å². The third-order valence-electron chi connectivity index (χ3n) is 2.38. The van der Waals surface area contributed by atoms with Crippen molar-refractivity contribution in [2.75, 3.05) is 5.32 Å². The van der Waals surface area contributed by atoms with Gasteiger partial charge in [-0.2, -0.15) is 5.26 Å². The summed E-state index contributed by atoms with van der Waals surface area (Å²) in [5.41, 5.74) is 0.611. The molecule has 0 aliphatic carbocycles. The van der Waals surface area contributed by atoms with Gasteiger partial charge >= 0.3 is 6.36 Å². The maximum Gasteiger partial charge on any atom is 0.573 e. The topological polar surface area (TPSA) is 57.9 Å². The first-order chi connectivity index (χ1) is 9.89. The van der Waals surface area contributed by atoms with Crippen LogP contribution in [0.2, 0.25) is 0 Å². The minimum absolute atomic E-state index is 0.0695. The summed E-state index contributed by atoms with van der Waals surface area (Å²) < 4.78 is 41.6. The molecule has 4 nitrogen and oxygen atoms in total. The largest absolute Gasteiger partial charge is 0.573 e. The molecule has 0 saturated carbocycles. The van der Waals surface area contributed by atoms with Crippen LogP contribution in [-0.4, -0.2) is 11.3 Å². The lowest BCUT2D eigenvalue weighted by atomic mass is 10.2. The minimum atomic E-state index is -4.82. The molecule has 21 heavy (non-hydrogen) atoms. The van der Waals surface area contributed by atoms with Gasteiger partial charge in [-0.3, -0.25) is 4.98 Å². The van der Waals surface area contributed by atoms with E-state index in [-0.39, 0.29) is 16.9 Å². The van der Waals surface area contributed by atoms with E-state index in [1.54, 1.807) is 6.07 Å². The van der Waals surface area contributed by atoms with Crippen molar-refractivity contribution in [1.29, 1.82) is 5.26 Å². The van der Waals surface area contributed by atoms with Crippen molar-refractivity contribution in [2.45, 2.75) is 6.36 Å². The molecular weight excluding hydrogens is 351 g/mol. The van der Waals surface area contributed by atoms with Crippen LogP contribution in [0.4, 0.5) is 24.5 Å². The van der Waals surface area contributed by atoms with Crippen LogP contribution in [0.3, 0.4) is 0 Å². The molecule has 0 aliphatic heterocycles. The molecule has 0 spiro atoms. The van der Waals surface area contributed by atoms with E-state index in [1.165, 1.54) is 30.6 Å². The van der Waals surface area contributed by atoms with Crippen molar-refractivity contribution in [2.24, 2.45) is 0 Å². The van der Waals surface area contributed by atoms with E-state index in [4.69, 9.17) is 5.26 Å². The van der Waals surface area contributed by atoms with Gasteiger partial charge in [-0.25, -0.2) is 0 Å². The Bertz CT molecular complexity index is 698. The third kappa shape index (κ3) is 4.10. The zero-order valence-corrected chi connectivity index (χ0v) is 11.9. The number of nitrogens with zero attached hydrogens (tertiary/aromatic N) is 2. The van der Waals surface area contributed by atoms with E-state index in [0.29, 0.717) is 4.47 Å². The molecule has 8 heteroatoms. The molecule has 1 aromatic carbocycles. The first-order valence-corrected chi connectivity index (χ1v) is 6.35. The normalized spacial score (nSPS) is 10.8. The van der Waals surface area contributed by atoms with Gasteiger partial charge in [0.2, 0.25) is 0 Å². The summed E-state index contributed by atoms with van der Waals surface area (Å²) in [4.78, 5) is 3.83. The molecule has 108 valence electrons. The van der Waals surface area contributed by atoms with Crippen LogP contribution < -0.4 is 10.1 Å². The van der Waals surface area contributed by atoms with Gasteiger partial charge in [0.25, 0.3) is 0 Å². The predicted octanol–water partition coefficient (Wildman–Crippen LogP) is 4.36. The molecular formula is C13H7BrF3N3O. The summed E-state index contributed by atoms with van der Waals surface area (Å²) in [6.45, 7) is 0. The summed E-state index contributed by atoms with van der Waals surface area (Å²) in [5, 5.41) is 11.7. The fourth-order valence-electron chi connectivity index (χ4n) is 1.55. The third-order valence-corrected chi connectivity index (χ3v) is 2.87. The number of hydrogen-bond donors (Lipinski definition) is 1. The lowest BCUT2D eigenvalue weighted by Gasteiger charge is -2.15. The van der Waals surface area contributed by atoms with Gasteiger partial charge in [0.05, 0.1) is 23.1 Å². The molecule has 0 atom stereocenters. The molecule has 0 radical (unpaired) electrons. The molecule has 0 unspecified atom stereocenters. The molecule has 1 N–H and O–H groups in total. The Labute approximate surface area is 126 Å². The minimum Gasteiger partial charge on any atom is -0.404 e. The second kappa shape index (κ2) is 6.01. The van der Waals surface area contributed by atoms with Crippen LogP contribution in [-0.2, 0) is 0 Å². The Hall–Kier alpha value is -2.27. The van der Waals surface area contributed by atoms with Crippen molar-refractivity contribution in [1.82, 2.24) is 4.98 Å². The second-order valence-corrected chi connectivity index (χ2v) is 4.76. The Balaban J connectivity index is 2.38. The molecule has 1 aromatic heterocycles. The highest BCUT2D eigenvalue weighted by Crippen LogP contribution is 2.35. The average Bonchev–Trinajstić information content (AvgIpc) is 2.40. The number of hydrogen-bond acceptors (Lipinski definition) is 4. The average molecular weight is 358 g/mol. The van der Waals surface area contributed by atoms with E-state index in [0.717, 1.165) is 0 Å². The van der Waals surface area contributed by atoms with Crippen molar-refractivity contribution in [3.8, 4) is 11.8 Å². The number of halogens is 4. The maximum absolute atomic E-state index is 12.4. The molecule has 0 saturated heterocycles. The summed E-state index contributed by atoms with van der Waals surface area (Å²) in [7, 11) is 0. The summed E-state index contributed by atoms with van der Waals surface area (Å²) in [6.07, 6.45) is -2.05. The molecule has 2 aromatic rings. The lowest BCUT2D eigenvalue weighted by Crippen LogP contribution is -2.18. The highest BCUT2D eigenvalue weighted by Gasteiger charge is 2.32. The van der Waals surface area contributed by atoms with Gasteiger partial charge in [-0.05, 0) is 24.3 Å². The molecule has 0 amide bonds. The quantitative estimate of drug-likeness (QED) is 0.886. The summed E-state index contributed by atoms with van der Waals surface area (Å²) in [5.74, 6) is -0.412. The van der Waals surface area contributed by atoms with Gasteiger partial charge in [0.15, 0.2) is 5.75 Å². The number of nitriles is 1. The van der Waals surface area contributed by atoms with Crippen LogP contribution in [0, 0.1) is 11.3 Å². The van der Waals surface area contributed by atoms with Crippen molar-refractivity contribution < 1.29 is 17.9 Å². The monoisotopic (exact) mass is 357 g/mol. The van der Waals surface area contributed by atoms with Crippen molar-refractivity contribution in [3.05, 3.63) is 46.7 Å². The number of ether oxygens (including phenoxy) is 1. The molecule has 2 rings (SSSR count). The number of alkyl halides is 3. The Kier molecular flexibility index (Phi) is 4.33. The number of anilines is 2. The van der Waals surface area contributed by atoms with Gasteiger partial charge in [0.1, 0.15) is 6.07 Å². The SMILES string of the molecule is N#Cc1ccncc1Nc1ccc(Br)cc1OC(F)(F)F. The summed E-state index contributed by atoms with van der Waals surface area (Å²) in [6, 6.07) is 7.50. The molecule has 0 bridgehead atoms. The maximum atomic E-state index is 12.4. The van der Waals surface area contributed by atoms with E-state index >= 15 is 0 Å². The molecule has 1 heterocycles. The number of rotatable bonds is 3. The number of aromatic nitrogens is 1. The first kappa shape index (κ1) is 15.1. The standard InChI is InChI=1S/C13H7BrF3N3O/c14-9-1-2-10(12(5-9)21-13(15,16)17)20-11-7-19-4-3-8(11)6-18/h1-5,7,20H. The van der Waals surface area contributed by atoms with Gasteiger partial charge < -0.3 is 10.1 Å². The first-order valence-electron chi connectivity index (χ1n) is 5.55. The van der Waals surface area contributed by atoms with Crippen LogP contribution >= 0.6 is 15.9 Å². The Morgan fingerprint density at radius 1 is 1.24 bits per heavy atom. The lowest BCUT2D eigenvalue weighted by molar-refractivity contribution is -0.274. The van der Waals surface area contributed by atoms with Crippen LogP contribution in [0.5, 0.6) is 5.75 Å². The predicted molar refractivity (Wildman–Crippen MR) is 73.1 cm³/mol. The van der Waals surface area contributed by atoms with Crippen LogP contribution in [0.25, 0.3) is 0 Å². The highest BCUT2D eigenvalue weighted by atomic mass is 79.9. The fraction of sp³-hybridized carbons (Fsp3) is 0.0769. The van der Waals surface area contributed by atoms with E-state index in [2.05, 4.69) is 31.0 Å². The van der Waals surface area contributed by atoms with E-state index < -0.39 is 12.1 Å².